The van der Waals surface area contributed by atoms with Gasteiger partial charge >= 0.3 is 0 Å². The average Bonchev–Trinajstić information content (AvgIpc) is 3.58. The summed E-state index contributed by atoms with van der Waals surface area (Å²) in [5.41, 5.74) is 7.58. The summed E-state index contributed by atoms with van der Waals surface area (Å²) in [5.74, 6) is 0. The lowest BCUT2D eigenvalue weighted by Crippen LogP contribution is -1.91. The second kappa shape index (κ2) is 8.22. The van der Waals surface area contributed by atoms with E-state index in [4.69, 9.17) is 10.1 Å². The topological polar surface area (TPSA) is 30.2 Å². The Morgan fingerprint density at radius 2 is 1.18 bits per heavy atom. The molecule has 0 fully saturated rings. The molecule has 0 aliphatic carbocycles. The Labute approximate surface area is 233 Å². The van der Waals surface area contributed by atoms with E-state index in [9.17, 15) is 0 Å². The largest absolute Gasteiger partial charge is 0.247 e. The van der Waals surface area contributed by atoms with E-state index in [0.29, 0.717) is 0 Å². The highest BCUT2D eigenvalue weighted by molar-refractivity contribution is 7.26. The summed E-state index contributed by atoms with van der Waals surface area (Å²) < 4.78 is 4.64. The molecule has 0 saturated heterocycles. The van der Waals surface area contributed by atoms with Crippen molar-refractivity contribution in [2.24, 2.45) is 0 Å². The van der Waals surface area contributed by atoms with Crippen LogP contribution >= 0.6 is 11.3 Å². The zero-order valence-electron chi connectivity index (χ0n) is 21.4. The minimum atomic E-state index is 1.01. The zero-order valence-corrected chi connectivity index (χ0v) is 22.2. The predicted octanol–water partition coefficient (Wildman–Crippen LogP) is 9.89. The summed E-state index contributed by atoms with van der Waals surface area (Å²) >= 11 is 1.88. The maximum Gasteiger partial charge on any atom is 0.0933 e. The average molecular weight is 528 g/mol. The summed E-state index contributed by atoms with van der Waals surface area (Å²) in [6, 6.07) is 43.2. The number of thiophene rings is 1. The molecule has 0 amide bonds. The van der Waals surface area contributed by atoms with E-state index in [2.05, 4.69) is 121 Å². The molecule has 9 aromatic rings. The van der Waals surface area contributed by atoms with Crippen LogP contribution in [0.5, 0.6) is 0 Å². The number of pyridine rings is 2. The highest BCUT2D eigenvalue weighted by Crippen LogP contribution is 2.43. The van der Waals surface area contributed by atoms with Gasteiger partial charge in [-0.1, -0.05) is 97.1 Å². The number of fused-ring (bicyclic) bond motifs is 10. The minimum absolute atomic E-state index is 1.01. The fourth-order valence-corrected chi connectivity index (χ4v) is 7.37. The predicted molar refractivity (Wildman–Crippen MR) is 169 cm³/mol. The highest BCUT2D eigenvalue weighted by Gasteiger charge is 2.16. The molecule has 40 heavy (non-hydrogen) atoms. The molecule has 4 aromatic heterocycles. The van der Waals surface area contributed by atoms with Gasteiger partial charge in [0.2, 0.25) is 0 Å². The second-order valence-corrected chi connectivity index (χ2v) is 11.3. The summed E-state index contributed by atoms with van der Waals surface area (Å²) in [7, 11) is 0. The van der Waals surface area contributed by atoms with Gasteiger partial charge in [-0.05, 0) is 29.8 Å². The molecule has 9 rings (SSSR count). The van der Waals surface area contributed by atoms with Crippen LogP contribution in [0.2, 0.25) is 0 Å². The molecule has 0 bridgehead atoms. The van der Waals surface area contributed by atoms with E-state index < -0.39 is 0 Å². The van der Waals surface area contributed by atoms with Gasteiger partial charge in [0.05, 0.1) is 22.2 Å². The number of para-hydroxylation sites is 1. The maximum absolute atomic E-state index is 5.19. The van der Waals surface area contributed by atoms with E-state index in [1.54, 1.807) is 0 Å². The summed E-state index contributed by atoms with van der Waals surface area (Å²) in [5, 5.41) is 12.3. The van der Waals surface area contributed by atoms with Crippen molar-refractivity contribution >= 4 is 69.6 Å². The molecule has 3 nitrogen and oxygen atoms in total. The Hall–Kier alpha value is -5.06. The van der Waals surface area contributed by atoms with Crippen molar-refractivity contribution in [3.05, 3.63) is 128 Å². The monoisotopic (exact) mass is 527 g/mol. The fourth-order valence-electron chi connectivity index (χ4n) is 6.11. The Bertz CT molecular complexity index is 2430. The molecule has 0 N–H and O–H groups in total. The van der Waals surface area contributed by atoms with Crippen molar-refractivity contribution in [1.82, 2.24) is 14.6 Å². The molecule has 4 heteroatoms. The van der Waals surface area contributed by atoms with Crippen LogP contribution in [-0.2, 0) is 0 Å². The Morgan fingerprint density at radius 3 is 2.05 bits per heavy atom. The first-order valence-electron chi connectivity index (χ1n) is 13.4. The number of benzene rings is 5. The molecule has 0 atom stereocenters. The highest BCUT2D eigenvalue weighted by atomic mass is 32.1. The van der Waals surface area contributed by atoms with Gasteiger partial charge in [-0.15, -0.1) is 11.3 Å². The van der Waals surface area contributed by atoms with E-state index >= 15 is 0 Å². The second-order valence-electron chi connectivity index (χ2n) is 10.3. The zero-order chi connectivity index (χ0) is 26.2. The van der Waals surface area contributed by atoms with E-state index in [0.717, 1.165) is 38.9 Å². The van der Waals surface area contributed by atoms with Crippen molar-refractivity contribution in [2.75, 3.05) is 0 Å². The maximum atomic E-state index is 5.19. The first kappa shape index (κ1) is 21.8. The van der Waals surface area contributed by atoms with Crippen LogP contribution < -0.4 is 0 Å². The molecule has 0 aliphatic rings. The molecule has 0 spiro atoms. The van der Waals surface area contributed by atoms with Crippen molar-refractivity contribution in [2.45, 2.75) is 0 Å². The molecular weight excluding hydrogens is 506 g/mol. The number of hydrogen-bond acceptors (Lipinski definition) is 3. The molecule has 0 radical (unpaired) electrons. The molecule has 0 aliphatic heterocycles. The molecular formula is C36H21N3S. The summed E-state index contributed by atoms with van der Waals surface area (Å²) in [4.78, 5) is 5.19. The Balaban J connectivity index is 1.23. The van der Waals surface area contributed by atoms with Gasteiger partial charge in [-0.25, -0.2) is 9.50 Å². The summed E-state index contributed by atoms with van der Waals surface area (Å²) in [6.45, 7) is 0. The third kappa shape index (κ3) is 3.11. The van der Waals surface area contributed by atoms with Crippen LogP contribution in [0.1, 0.15) is 0 Å². The van der Waals surface area contributed by atoms with Gasteiger partial charge in [0.15, 0.2) is 0 Å². The van der Waals surface area contributed by atoms with Gasteiger partial charge in [0.1, 0.15) is 0 Å². The lowest BCUT2D eigenvalue weighted by atomic mass is 9.97. The van der Waals surface area contributed by atoms with Crippen LogP contribution in [-0.4, -0.2) is 14.6 Å². The SMILES string of the molecule is c1ccc2c(c1)nc(-c1ccc(-c3ccc4c5ccccc5nn4c3)cc1)c1ccc3c4ccccc4sc3c12. The molecule has 186 valence electrons. The Morgan fingerprint density at radius 1 is 0.500 bits per heavy atom. The van der Waals surface area contributed by atoms with E-state index in [-0.39, 0.29) is 0 Å². The number of hydrogen-bond donors (Lipinski definition) is 0. The van der Waals surface area contributed by atoms with Crippen LogP contribution in [0.3, 0.4) is 0 Å². The van der Waals surface area contributed by atoms with Crippen molar-refractivity contribution in [3.63, 3.8) is 0 Å². The molecule has 4 heterocycles. The van der Waals surface area contributed by atoms with E-state index in [1.165, 1.54) is 41.7 Å². The lowest BCUT2D eigenvalue weighted by Gasteiger charge is -2.12. The third-order valence-electron chi connectivity index (χ3n) is 8.02. The third-order valence-corrected chi connectivity index (χ3v) is 9.23. The molecule has 0 saturated carbocycles. The summed E-state index contributed by atoms with van der Waals surface area (Å²) in [6.07, 6.45) is 2.12. The van der Waals surface area contributed by atoms with Gasteiger partial charge in [0.25, 0.3) is 0 Å². The first-order chi connectivity index (χ1) is 19.8. The minimum Gasteiger partial charge on any atom is -0.247 e. The standard InChI is InChI=1S/C36H21N3S/c1-5-11-31-27(8-1)32-20-17-24(21-39(32)38-31)22-13-15-23(16-14-22)35-29-19-18-26-25-7-3-6-12-33(25)40-36(26)34(29)28-9-2-4-10-30(28)37-35/h1-21H. The molecule has 5 aromatic carbocycles. The van der Waals surface area contributed by atoms with Gasteiger partial charge in [-0.3, -0.25) is 0 Å². The smallest absolute Gasteiger partial charge is 0.0933 e. The number of aromatic nitrogens is 3. The van der Waals surface area contributed by atoms with Crippen molar-refractivity contribution in [3.8, 4) is 22.4 Å². The Kier molecular flexibility index (Phi) is 4.48. The first-order valence-corrected chi connectivity index (χ1v) is 14.2. The quantitative estimate of drug-likeness (QED) is 0.209. The van der Waals surface area contributed by atoms with Crippen molar-refractivity contribution in [1.29, 1.82) is 0 Å². The van der Waals surface area contributed by atoms with Crippen LogP contribution in [0.25, 0.3) is 80.7 Å². The van der Waals surface area contributed by atoms with Crippen LogP contribution in [0.15, 0.2) is 128 Å². The van der Waals surface area contributed by atoms with Gasteiger partial charge < -0.3 is 0 Å². The number of nitrogens with zero attached hydrogens (tertiary/aromatic N) is 3. The normalized spacial score (nSPS) is 12.0. The van der Waals surface area contributed by atoms with Crippen LogP contribution in [0, 0.1) is 0 Å². The van der Waals surface area contributed by atoms with Crippen molar-refractivity contribution < 1.29 is 0 Å². The van der Waals surface area contributed by atoms with E-state index in [1.807, 2.05) is 21.9 Å². The van der Waals surface area contributed by atoms with Gasteiger partial charge in [-0.2, -0.15) is 5.10 Å². The fraction of sp³-hybridized carbons (Fsp3) is 0. The van der Waals surface area contributed by atoms with Gasteiger partial charge in [0, 0.05) is 59.0 Å². The number of rotatable bonds is 2. The van der Waals surface area contributed by atoms with Crippen LogP contribution in [0.4, 0.5) is 0 Å². The molecule has 0 unspecified atom stereocenters. The lowest BCUT2D eigenvalue weighted by molar-refractivity contribution is 0.983.